The van der Waals surface area contributed by atoms with Gasteiger partial charge in [-0.3, -0.25) is 0 Å². The number of para-hydroxylation sites is 2. The third kappa shape index (κ3) is 7.83. The van der Waals surface area contributed by atoms with Gasteiger partial charge in [0.15, 0.2) is 16.1 Å². The Morgan fingerprint density at radius 3 is 1.04 bits per heavy atom. The molecule has 0 aliphatic heterocycles. The molecule has 2 heterocycles. The summed E-state index contributed by atoms with van der Waals surface area (Å²) in [6, 6.07) is 127. The largest absolute Gasteiger partial charge is 0.309 e. The van der Waals surface area contributed by atoms with Crippen LogP contribution in [0.3, 0.4) is 0 Å². The average Bonchev–Trinajstić information content (AvgIpc) is 3.15. The van der Waals surface area contributed by atoms with Crippen LogP contribution in [0, 0.1) is 0 Å². The molecule has 0 spiro atoms. The van der Waals surface area contributed by atoms with Crippen molar-refractivity contribution in [1.82, 2.24) is 9.13 Å². The van der Waals surface area contributed by atoms with Gasteiger partial charge in [-0.25, -0.2) is 0 Å². The second-order valence-corrected chi connectivity index (χ2v) is 29.1. The Morgan fingerprint density at radius 1 is 0.207 bits per heavy atom. The molecule has 0 aliphatic carbocycles. The topological polar surface area (TPSA) is 9.86 Å². The highest BCUT2D eigenvalue weighted by atomic mass is 28.3. The fourth-order valence-electron chi connectivity index (χ4n) is 13.8. The minimum absolute atomic E-state index is 1.12. The summed E-state index contributed by atoms with van der Waals surface area (Å²) in [6.45, 7) is 0. The van der Waals surface area contributed by atoms with Crippen LogP contribution in [0.2, 0.25) is 0 Å². The highest BCUT2D eigenvalue weighted by Crippen LogP contribution is 2.40. The van der Waals surface area contributed by atoms with Crippen LogP contribution in [0.25, 0.3) is 77.2 Å². The lowest BCUT2D eigenvalue weighted by atomic mass is 9.99. The quantitative estimate of drug-likeness (QED) is 0.0852. The van der Waals surface area contributed by atoms with E-state index in [-0.39, 0.29) is 0 Å². The zero-order valence-electron chi connectivity index (χ0n) is 45.2. The predicted octanol–water partition coefficient (Wildman–Crippen LogP) is 14.0. The van der Waals surface area contributed by atoms with E-state index in [0.717, 1.165) is 16.9 Å². The molecule has 2 aromatic heterocycles. The van der Waals surface area contributed by atoms with Crippen LogP contribution in [0.15, 0.2) is 340 Å². The summed E-state index contributed by atoms with van der Waals surface area (Å²) in [5.41, 5.74) is 11.8. The Bertz CT molecular complexity index is 4560. The summed E-state index contributed by atoms with van der Waals surface area (Å²) in [6.07, 6.45) is 0. The van der Waals surface area contributed by atoms with Crippen molar-refractivity contribution in [2.75, 3.05) is 0 Å². The van der Waals surface area contributed by atoms with E-state index in [0.29, 0.717) is 0 Å². The van der Waals surface area contributed by atoms with Crippen molar-refractivity contribution in [2.45, 2.75) is 0 Å². The van der Waals surface area contributed by atoms with Crippen LogP contribution < -0.4 is 41.5 Å². The van der Waals surface area contributed by atoms with Crippen molar-refractivity contribution < 1.29 is 0 Å². The lowest BCUT2D eigenvalue weighted by Gasteiger charge is -2.35. The lowest BCUT2D eigenvalue weighted by Crippen LogP contribution is -2.74. The van der Waals surface area contributed by atoms with Crippen LogP contribution in [-0.4, -0.2) is 25.3 Å². The second-order valence-electron chi connectivity index (χ2n) is 21.5. The molecule has 4 heteroatoms. The van der Waals surface area contributed by atoms with Gasteiger partial charge in [-0.15, -0.1) is 0 Å². The zero-order chi connectivity index (χ0) is 54.5. The Labute approximate surface area is 480 Å². The first-order valence-corrected chi connectivity index (χ1v) is 32.4. The highest BCUT2D eigenvalue weighted by molar-refractivity contribution is 7.21. The molecular weight excluding hydrogens is 1020 g/mol. The smallest absolute Gasteiger partial charge is 0.180 e. The molecule has 0 saturated carbocycles. The van der Waals surface area contributed by atoms with Gasteiger partial charge in [-0.05, 0) is 112 Å². The summed E-state index contributed by atoms with van der Waals surface area (Å²) in [7, 11) is -5.98. The maximum absolute atomic E-state index is 3.03. The van der Waals surface area contributed by atoms with Crippen molar-refractivity contribution in [3.8, 4) is 33.6 Å². The summed E-state index contributed by atoms with van der Waals surface area (Å²) in [4.78, 5) is 0. The van der Waals surface area contributed by atoms with Crippen molar-refractivity contribution >= 4 is 101 Å². The van der Waals surface area contributed by atoms with Gasteiger partial charge in [0.05, 0.1) is 27.8 Å². The van der Waals surface area contributed by atoms with E-state index in [9.17, 15) is 0 Å². The van der Waals surface area contributed by atoms with E-state index in [4.69, 9.17) is 0 Å². The summed E-state index contributed by atoms with van der Waals surface area (Å²) < 4.78 is 5.05. The number of nitrogens with zero attached hydrogens (tertiary/aromatic N) is 2. The molecule has 0 saturated heterocycles. The molecule has 0 aliphatic rings. The standard InChI is InChI=1S/C78H56N2Si2/c1-8-28-57(29-9-1)59-54-60(58-30-10-2-11-31-58)56-68(55-59)81(62-32-12-3-13-33-62,63-34-14-4-15-35-63)67-52-50-61(51-53-67)79-71-44-24-22-42-69(71)77-73(79)46-26-47-74(77)80-72-45-25-23-43-70(72)78-75(80)48-27-49-76(78)82(64-36-16-5-17-37-64,65-38-18-6-19-39-65)66-40-20-7-21-41-66/h1-56H. The van der Waals surface area contributed by atoms with Crippen LogP contribution in [-0.2, 0) is 0 Å². The van der Waals surface area contributed by atoms with Gasteiger partial charge >= 0.3 is 0 Å². The maximum Gasteiger partial charge on any atom is 0.180 e. The first-order chi connectivity index (χ1) is 40.7. The zero-order valence-corrected chi connectivity index (χ0v) is 47.2. The normalized spacial score (nSPS) is 11.9. The van der Waals surface area contributed by atoms with Crippen molar-refractivity contribution in [2.24, 2.45) is 0 Å². The molecule has 82 heavy (non-hydrogen) atoms. The molecule has 0 fully saturated rings. The first-order valence-electron chi connectivity index (χ1n) is 28.4. The van der Waals surface area contributed by atoms with E-state index >= 15 is 0 Å². The van der Waals surface area contributed by atoms with E-state index in [2.05, 4.69) is 349 Å². The molecular formula is C78H56N2Si2. The molecule has 0 N–H and O–H groups in total. The van der Waals surface area contributed by atoms with Gasteiger partial charge < -0.3 is 9.13 Å². The molecule has 15 rings (SSSR count). The van der Waals surface area contributed by atoms with Crippen LogP contribution in [0.1, 0.15) is 0 Å². The lowest BCUT2D eigenvalue weighted by molar-refractivity contribution is 1.17. The molecule has 0 atom stereocenters. The number of benzene rings is 13. The summed E-state index contributed by atoms with van der Waals surface area (Å²) in [5.74, 6) is 0. The molecule has 0 radical (unpaired) electrons. The van der Waals surface area contributed by atoms with Gasteiger partial charge in [0.2, 0.25) is 0 Å². The van der Waals surface area contributed by atoms with Gasteiger partial charge in [-0.2, -0.15) is 0 Å². The Kier molecular flexibility index (Phi) is 12.3. The summed E-state index contributed by atoms with van der Waals surface area (Å²) in [5, 5.41) is 15.8. The Balaban J connectivity index is 0.959. The number of hydrogen-bond acceptors (Lipinski definition) is 0. The first kappa shape index (κ1) is 49.0. The average molecular weight is 1080 g/mol. The van der Waals surface area contributed by atoms with Crippen molar-refractivity contribution in [3.05, 3.63) is 340 Å². The fraction of sp³-hybridized carbons (Fsp3) is 0. The number of hydrogen-bond donors (Lipinski definition) is 0. The molecule has 2 nitrogen and oxygen atoms in total. The number of aromatic nitrogens is 2. The minimum atomic E-state index is -3.03. The molecule has 0 amide bonds. The molecule has 15 aromatic rings. The highest BCUT2D eigenvalue weighted by Gasteiger charge is 2.44. The van der Waals surface area contributed by atoms with E-state index in [1.165, 1.54) is 102 Å². The van der Waals surface area contributed by atoms with Crippen LogP contribution >= 0.6 is 0 Å². The third-order valence-electron chi connectivity index (χ3n) is 17.2. The van der Waals surface area contributed by atoms with Gasteiger partial charge in [0, 0.05) is 27.2 Å². The van der Waals surface area contributed by atoms with E-state index < -0.39 is 16.1 Å². The van der Waals surface area contributed by atoms with Crippen LogP contribution in [0.5, 0.6) is 0 Å². The monoisotopic (exact) mass is 1080 g/mol. The second kappa shape index (κ2) is 20.5. The molecule has 0 bridgehead atoms. The summed E-state index contributed by atoms with van der Waals surface area (Å²) >= 11 is 0. The number of rotatable bonds is 12. The van der Waals surface area contributed by atoms with E-state index in [1.54, 1.807) is 0 Å². The SMILES string of the molecule is c1ccc(-c2cc(-c3ccccc3)cc([Si](c3ccccc3)(c3ccccc3)c3ccc(-n4c5ccccc5c5c(-n6c7ccccc7c7c([Si](c8ccccc8)(c8ccccc8)c8ccccc8)cccc76)cccc54)cc3)c2)cc1. The fourth-order valence-corrected chi connectivity index (χ4v) is 23.6. The van der Waals surface area contributed by atoms with Gasteiger partial charge in [0.1, 0.15) is 0 Å². The molecule has 386 valence electrons. The predicted molar refractivity (Wildman–Crippen MR) is 353 cm³/mol. The van der Waals surface area contributed by atoms with Crippen molar-refractivity contribution in [3.63, 3.8) is 0 Å². The third-order valence-corrected chi connectivity index (χ3v) is 26.8. The maximum atomic E-state index is 2.56. The molecule has 0 unspecified atom stereocenters. The molecule has 13 aromatic carbocycles. The Morgan fingerprint density at radius 2 is 0.561 bits per heavy atom. The minimum Gasteiger partial charge on any atom is -0.309 e. The van der Waals surface area contributed by atoms with E-state index in [1.807, 2.05) is 0 Å². The number of fused-ring (bicyclic) bond motifs is 6. The van der Waals surface area contributed by atoms with Gasteiger partial charge in [-0.1, -0.05) is 291 Å². The van der Waals surface area contributed by atoms with Crippen molar-refractivity contribution in [1.29, 1.82) is 0 Å². The van der Waals surface area contributed by atoms with Gasteiger partial charge in [0.25, 0.3) is 0 Å². The van der Waals surface area contributed by atoms with Crippen LogP contribution in [0.4, 0.5) is 0 Å². The Hall–Kier alpha value is -10.1.